The van der Waals surface area contributed by atoms with Crippen LogP contribution in [0.2, 0.25) is 0 Å². The fourth-order valence-electron chi connectivity index (χ4n) is 3.52. The van der Waals surface area contributed by atoms with Crippen molar-refractivity contribution in [1.29, 1.82) is 5.26 Å². The Hall–Kier alpha value is -4.44. The summed E-state index contributed by atoms with van der Waals surface area (Å²) in [7, 11) is 1.62. The van der Waals surface area contributed by atoms with E-state index in [0.29, 0.717) is 47.2 Å². The number of allylic oxidation sites excluding steroid dienone is 6. The zero-order valence-corrected chi connectivity index (χ0v) is 22.4. The molecule has 0 fully saturated rings. The van der Waals surface area contributed by atoms with Gasteiger partial charge in [0.25, 0.3) is 0 Å². The molecule has 0 aliphatic carbocycles. The number of nitriles is 1. The van der Waals surface area contributed by atoms with Gasteiger partial charge in [0.1, 0.15) is 11.4 Å². The van der Waals surface area contributed by atoms with Gasteiger partial charge in [-0.05, 0) is 29.7 Å². The first kappa shape index (κ1) is 28.8. The van der Waals surface area contributed by atoms with Crippen LogP contribution in [-0.2, 0) is 0 Å². The number of amidine groups is 1. The molecule has 1 aromatic carbocycles. The number of H-pyrrole nitrogens is 1. The largest absolute Gasteiger partial charge is 0.492 e. The molecular formula is C30H36N6O. The molecule has 4 rings (SSSR count). The second-order valence-corrected chi connectivity index (χ2v) is 7.44. The van der Waals surface area contributed by atoms with Crippen LogP contribution in [0.5, 0.6) is 5.75 Å². The minimum Gasteiger partial charge on any atom is -0.492 e. The number of nitrogens with one attached hydrogen (secondary N) is 2. The standard InChI is InChI=1S/C26H24N6O.2C2H6/c1-18-8-9-19(16-27)6-5-15-29-26(30-18)24-25(33-2)23(31-32-24)21-12-10-20(11-13-21)22-7-3-4-14-28-17-22;2*1-2/h3-6,9-14,17H,1,7-8,15H2,2H3,(H,29,30)(H,31,32);2*1-2H3/b6-5-,19-9+;;. The molecule has 0 bridgehead atoms. The Balaban J connectivity index is 0.00000115. The summed E-state index contributed by atoms with van der Waals surface area (Å²) >= 11 is 0. The molecule has 37 heavy (non-hydrogen) atoms. The van der Waals surface area contributed by atoms with Crippen LogP contribution in [0.3, 0.4) is 0 Å². The highest BCUT2D eigenvalue weighted by atomic mass is 16.5. The van der Waals surface area contributed by atoms with Crippen molar-refractivity contribution in [2.24, 2.45) is 9.98 Å². The third-order valence-corrected chi connectivity index (χ3v) is 5.21. The molecule has 0 amide bonds. The lowest BCUT2D eigenvalue weighted by atomic mass is 10.0. The molecule has 192 valence electrons. The molecule has 0 atom stereocenters. The maximum absolute atomic E-state index is 9.17. The first-order valence-corrected chi connectivity index (χ1v) is 12.6. The lowest BCUT2D eigenvalue weighted by Crippen LogP contribution is -2.25. The highest BCUT2D eigenvalue weighted by Crippen LogP contribution is 2.32. The number of hydrogen-bond donors (Lipinski definition) is 2. The number of aliphatic imine (C=N–C) groups is 2. The van der Waals surface area contributed by atoms with E-state index in [1.807, 2.05) is 64.3 Å². The number of aromatic amines is 1. The summed E-state index contributed by atoms with van der Waals surface area (Å²) in [6, 6.07) is 10.3. The molecule has 2 aromatic rings. The predicted molar refractivity (Wildman–Crippen MR) is 155 cm³/mol. The molecule has 7 heteroatoms. The quantitative estimate of drug-likeness (QED) is 0.488. The molecule has 0 unspecified atom stereocenters. The first-order chi connectivity index (χ1) is 18.2. The second kappa shape index (κ2) is 15.5. The molecule has 3 heterocycles. The van der Waals surface area contributed by atoms with Crippen molar-refractivity contribution in [2.45, 2.75) is 40.5 Å². The maximum atomic E-state index is 9.17. The van der Waals surface area contributed by atoms with Crippen molar-refractivity contribution < 1.29 is 4.74 Å². The molecular weight excluding hydrogens is 460 g/mol. The number of rotatable bonds is 4. The first-order valence-electron chi connectivity index (χ1n) is 12.6. The molecule has 2 N–H and O–H groups in total. The number of nitrogens with zero attached hydrogens (tertiary/aromatic N) is 4. The topological polar surface area (TPSA) is 98.5 Å². The van der Waals surface area contributed by atoms with Gasteiger partial charge >= 0.3 is 0 Å². The monoisotopic (exact) mass is 496 g/mol. The Kier molecular flexibility index (Phi) is 12.1. The summed E-state index contributed by atoms with van der Waals surface area (Å²) in [6.45, 7) is 12.4. The highest BCUT2D eigenvalue weighted by Gasteiger charge is 2.20. The molecule has 2 aliphatic heterocycles. The summed E-state index contributed by atoms with van der Waals surface area (Å²) in [6.07, 6.45) is 14.5. The fourth-order valence-corrected chi connectivity index (χ4v) is 3.52. The van der Waals surface area contributed by atoms with Crippen LogP contribution >= 0.6 is 0 Å². The minimum atomic E-state index is 0.396. The number of methoxy groups -OCH3 is 1. The predicted octanol–water partition coefficient (Wildman–Crippen LogP) is 6.77. The van der Waals surface area contributed by atoms with E-state index in [-0.39, 0.29) is 0 Å². The third-order valence-electron chi connectivity index (χ3n) is 5.21. The smallest absolute Gasteiger partial charge is 0.175 e. The summed E-state index contributed by atoms with van der Waals surface area (Å²) in [4.78, 5) is 8.89. The van der Waals surface area contributed by atoms with Gasteiger partial charge in [-0.25, -0.2) is 0 Å². The van der Waals surface area contributed by atoms with Crippen LogP contribution in [0, 0.1) is 11.3 Å². The van der Waals surface area contributed by atoms with E-state index in [1.54, 1.807) is 19.4 Å². The molecule has 0 radical (unpaired) electrons. The Morgan fingerprint density at radius 3 is 2.46 bits per heavy atom. The van der Waals surface area contributed by atoms with E-state index in [1.165, 1.54) is 0 Å². The number of ether oxygens (including phenoxy) is 1. The average molecular weight is 497 g/mol. The maximum Gasteiger partial charge on any atom is 0.175 e. The van der Waals surface area contributed by atoms with Gasteiger partial charge in [-0.15, -0.1) is 0 Å². The molecule has 0 spiro atoms. The Morgan fingerprint density at radius 2 is 1.76 bits per heavy atom. The molecule has 1 aromatic heterocycles. The molecule has 2 aliphatic rings. The van der Waals surface area contributed by atoms with Gasteiger partial charge in [-0.2, -0.15) is 10.4 Å². The summed E-state index contributed by atoms with van der Waals surface area (Å²) in [5, 5.41) is 20.0. The van der Waals surface area contributed by atoms with E-state index < -0.39 is 0 Å². The van der Waals surface area contributed by atoms with Crippen LogP contribution in [0.1, 0.15) is 51.8 Å². The van der Waals surface area contributed by atoms with Crippen molar-refractivity contribution >= 4 is 17.6 Å². The zero-order chi connectivity index (χ0) is 27.0. The second-order valence-electron chi connectivity index (χ2n) is 7.44. The third kappa shape index (κ3) is 7.77. The van der Waals surface area contributed by atoms with E-state index in [2.05, 4.69) is 56.4 Å². The van der Waals surface area contributed by atoms with Crippen molar-refractivity contribution in [3.05, 3.63) is 90.0 Å². The van der Waals surface area contributed by atoms with Crippen LogP contribution in [-0.4, -0.2) is 35.9 Å². The van der Waals surface area contributed by atoms with Gasteiger partial charge in [0.2, 0.25) is 0 Å². The normalized spacial score (nSPS) is 17.0. The van der Waals surface area contributed by atoms with E-state index in [4.69, 9.17) is 4.74 Å². The number of hydrogen-bond acceptors (Lipinski definition) is 6. The Labute approximate surface area is 220 Å². The van der Waals surface area contributed by atoms with Gasteiger partial charge in [-0.1, -0.05) is 76.8 Å². The number of benzene rings is 1. The van der Waals surface area contributed by atoms with Gasteiger partial charge in [0.05, 0.1) is 19.7 Å². The Morgan fingerprint density at radius 1 is 1.03 bits per heavy atom. The van der Waals surface area contributed by atoms with E-state index in [0.717, 1.165) is 23.1 Å². The van der Waals surface area contributed by atoms with Gasteiger partial charge in [0, 0.05) is 35.7 Å². The van der Waals surface area contributed by atoms with Crippen molar-refractivity contribution in [3.8, 4) is 23.1 Å². The molecule has 7 nitrogen and oxygen atoms in total. The average Bonchev–Trinajstić information content (AvgIpc) is 3.19. The van der Waals surface area contributed by atoms with Crippen molar-refractivity contribution in [1.82, 2.24) is 15.5 Å². The lowest BCUT2D eigenvalue weighted by molar-refractivity contribution is 0.415. The number of aromatic nitrogens is 2. The summed E-state index contributed by atoms with van der Waals surface area (Å²) in [5.74, 6) is 1.18. The lowest BCUT2D eigenvalue weighted by Gasteiger charge is -2.12. The van der Waals surface area contributed by atoms with Gasteiger partial charge in [0.15, 0.2) is 11.6 Å². The van der Waals surface area contributed by atoms with Crippen molar-refractivity contribution in [3.63, 3.8) is 0 Å². The summed E-state index contributed by atoms with van der Waals surface area (Å²) in [5.41, 5.74) is 5.83. The SMILES string of the molecule is C=C1C/C=C(C#N)\C=C/CN=C(c2[nH]nc(-c3ccc(C4=CN=CC=CC4)cc3)c2OC)N1.CC.CC. The van der Waals surface area contributed by atoms with Crippen molar-refractivity contribution in [2.75, 3.05) is 13.7 Å². The van der Waals surface area contributed by atoms with Crippen LogP contribution in [0.15, 0.2) is 88.7 Å². The van der Waals surface area contributed by atoms with Gasteiger partial charge < -0.3 is 10.1 Å². The van der Waals surface area contributed by atoms with Crippen LogP contribution in [0.25, 0.3) is 16.8 Å². The van der Waals surface area contributed by atoms with Crippen LogP contribution < -0.4 is 10.1 Å². The van der Waals surface area contributed by atoms with E-state index >= 15 is 0 Å². The Bertz CT molecular complexity index is 1260. The zero-order valence-electron chi connectivity index (χ0n) is 22.4. The minimum absolute atomic E-state index is 0.396. The van der Waals surface area contributed by atoms with Crippen LogP contribution in [0.4, 0.5) is 0 Å². The van der Waals surface area contributed by atoms with Gasteiger partial charge in [-0.3, -0.25) is 15.1 Å². The molecule has 0 saturated heterocycles. The molecule has 0 saturated carbocycles. The van der Waals surface area contributed by atoms with E-state index in [9.17, 15) is 5.26 Å². The highest BCUT2D eigenvalue weighted by molar-refractivity contribution is 6.02. The summed E-state index contributed by atoms with van der Waals surface area (Å²) < 4.78 is 5.73. The fraction of sp³-hybridized carbons (Fsp3) is 0.267.